The maximum absolute atomic E-state index is 14.1. The van der Waals surface area contributed by atoms with Crippen LogP contribution in [0.25, 0.3) is 0 Å². The predicted octanol–water partition coefficient (Wildman–Crippen LogP) is 4.58. The fraction of sp³-hybridized carbons (Fsp3) is 0.667. The first-order chi connectivity index (χ1) is 16.3. The maximum atomic E-state index is 14.1. The largest absolute Gasteiger partial charge is 0.465 e. The van der Waals surface area contributed by atoms with Crippen molar-refractivity contribution in [2.75, 3.05) is 33.2 Å². The average Bonchev–Trinajstić information content (AvgIpc) is 3.23. The van der Waals surface area contributed by atoms with Crippen LogP contribution in [-0.2, 0) is 19.1 Å². The first kappa shape index (κ1) is 28.9. The SMILES string of the molecule is COC(=O)c1sc(C#CC(C)(C)C)cc1N(C(=O)C1CCC(C)CC1)[C@@H](C(=O)N(C)C)[C@@H](C)OC. The number of rotatable bonds is 7. The number of thiophene rings is 1. The topological polar surface area (TPSA) is 76.2 Å². The van der Waals surface area contributed by atoms with Gasteiger partial charge in [0.15, 0.2) is 0 Å². The molecule has 0 N–H and O–H groups in total. The third kappa shape index (κ3) is 7.31. The van der Waals surface area contributed by atoms with Crippen LogP contribution in [0.5, 0.6) is 0 Å². The summed E-state index contributed by atoms with van der Waals surface area (Å²) in [5.74, 6) is 5.64. The van der Waals surface area contributed by atoms with Gasteiger partial charge in [-0.05, 0) is 65.4 Å². The second kappa shape index (κ2) is 12.0. The van der Waals surface area contributed by atoms with Crippen molar-refractivity contribution in [2.24, 2.45) is 17.3 Å². The van der Waals surface area contributed by atoms with Crippen molar-refractivity contribution in [3.05, 3.63) is 15.8 Å². The Kier molecular flexibility index (Phi) is 9.94. The molecule has 2 rings (SSSR count). The van der Waals surface area contributed by atoms with Crippen molar-refractivity contribution >= 4 is 34.8 Å². The van der Waals surface area contributed by atoms with Gasteiger partial charge in [0.2, 0.25) is 11.8 Å². The number of carbonyl (C=O) groups excluding carboxylic acids is 3. The zero-order chi connectivity index (χ0) is 26.5. The van der Waals surface area contributed by atoms with Gasteiger partial charge in [0.25, 0.3) is 0 Å². The zero-order valence-electron chi connectivity index (χ0n) is 22.6. The van der Waals surface area contributed by atoms with E-state index in [2.05, 4.69) is 18.8 Å². The lowest BCUT2D eigenvalue weighted by Crippen LogP contribution is -2.57. The minimum atomic E-state index is -0.941. The van der Waals surface area contributed by atoms with Crippen LogP contribution >= 0.6 is 11.3 Å². The van der Waals surface area contributed by atoms with Gasteiger partial charge in [-0.15, -0.1) is 11.3 Å². The molecule has 1 fully saturated rings. The number of anilines is 1. The Morgan fingerprint density at radius 2 is 1.71 bits per heavy atom. The molecular formula is C27H40N2O5S. The highest BCUT2D eigenvalue weighted by molar-refractivity contribution is 7.15. The highest BCUT2D eigenvalue weighted by atomic mass is 32.1. The number of amides is 2. The summed E-state index contributed by atoms with van der Waals surface area (Å²) in [6.45, 7) is 9.96. The Bertz CT molecular complexity index is 974. The van der Waals surface area contributed by atoms with Crippen molar-refractivity contribution in [2.45, 2.75) is 72.4 Å². The summed E-state index contributed by atoms with van der Waals surface area (Å²) in [7, 11) is 6.12. The van der Waals surface area contributed by atoms with E-state index in [1.807, 2.05) is 20.8 Å². The van der Waals surface area contributed by atoms with Crippen LogP contribution in [0.4, 0.5) is 5.69 Å². The van der Waals surface area contributed by atoms with Crippen LogP contribution in [0.15, 0.2) is 6.07 Å². The van der Waals surface area contributed by atoms with Crippen LogP contribution in [0.3, 0.4) is 0 Å². The van der Waals surface area contributed by atoms with E-state index in [4.69, 9.17) is 9.47 Å². The molecule has 0 saturated heterocycles. The molecule has 0 aromatic carbocycles. The molecule has 194 valence electrons. The average molecular weight is 505 g/mol. The molecule has 0 unspecified atom stereocenters. The van der Waals surface area contributed by atoms with Gasteiger partial charge in [0.05, 0.1) is 23.8 Å². The molecule has 7 nitrogen and oxygen atoms in total. The number of likely N-dealkylation sites (N-methyl/N-ethyl adjacent to an activating group) is 1. The number of hydrogen-bond donors (Lipinski definition) is 0. The highest BCUT2D eigenvalue weighted by Gasteiger charge is 2.42. The molecule has 2 amide bonds. The van der Waals surface area contributed by atoms with Gasteiger partial charge in [-0.1, -0.05) is 18.8 Å². The quantitative estimate of drug-likeness (QED) is 0.401. The number of esters is 1. The number of hydrogen-bond acceptors (Lipinski definition) is 6. The summed E-state index contributed by atoms with van der Waals surface area (Å²) in [5.41, 5.74) is 0.116. The van der Waals surface area contributed by atoms with Crippen LogP contribution in [-0.4, -0.2) is 63.1 Å². The monoisotopic (exact) mass is 504 g/mol. The van der Waals surface area contributed by atoms with E-state index in [0.717, 1.165) is 25.7 Å². The van der Waals surface area contributed by atoms with E-state index in [1.165, 1.54) is 35.4 Å². The van der Waals surface area contributed by atoms with Gasteiger partial charge in [0.1, 0.15) is 10.9 Å². The first-order valence-electron chi connectivity index (χ1n) is 12.1. The molecule has 35 heavy (non-hydrogen) atoms. The molecule has 1 heterocycles. The number of carbonyl (C=O) groups is 3. The lowest BCUT2D eigenvalue weighted by atomic mass is 9.82. The van der Waals surface area contributed by atoms with E-state index in [9.17, 15) is 14.4 Å². The molecule has 0 bridgehead atoms. The second-order valence-corrected chi connectivity index (χ2v) is 11.7. The minimum absolute atomic E-state index is 0.167. The second-order valence-electron chi connectivity index (χ2n) is 10.6. The molecule has 1 aliphatic carbocycles. The van der Waals surface area contributed by atoms with Gasteiger partial charge in [-0.2, -0.15) is 0 Å². The Morgan fingerprint density at radius 1 is 1.11 bits per heavy atom. The van der Waals surface area contributed by atoms with Gasteiger partial charge in [-0.25, -0.2) is 4.79 Å². The normalized spacial score (nSPS) is 19.7. The van der Waals surface area contributed by atoms with E-state index in [1.54, 1.807) is 27.1 Å². The standard InChI is InChI=1S/C27H40N2O5S/c1-17-10-12-19(13-11-17)24(30)29(22(18(2)33-8)25(31)28(6)7)21-16-20(14-15-27(3,4)5)35-23(21)26(32)34-9/h16-19,22H,10-13H2,1-9H3/t17?,18-,19?,22-/m1/s1. The van der Waals surface area contributed by atoms with Gasteiger partial charge in [0, 0.05) is 32.5 Å². The van der Waals surface area contributed by atoms with Crippen LogP contribution in [0.1, 0.15) is 74.9 Å². The summed E-state index contributed by atoms with van der Waals surface area (Å²) in [4.78, 5) is 44.2. The zero-order valence-corrected chi connectivity index (χ0v) is 23.4. The van der Waals surface area contributed by atoms with Crippen molar-refractivity contribution < 1.29 is 23.9 Å². The van der Waals surface area contributed by atoms with Crippen molar-refractivity contribution in [1.29, 1.82) is 0 Å². The molecule has 8 heteroatoms. The van der Waals surface area contributed by atoms with Crippen LogP contribution in [0, 0.1) is 29.1 Å². The van der Waals surface area contributed by atoms with E-state index >= 15 is 0 Å². The molecule has 0 radical (unpaired) electrons. The molecule has 1 aromatic rings. The summed E-state index contributed by atoms with van der Waals surface area (Å²) in [6, 6.07) is 0.792. The summed E-state index contributed by atoms with van der Waals surface area (Å²) in [6.07, 6.45) is 2.79. The fourth-order valence-corrected chi connectivity index (χ4v) is 5.06. The third-order valence-electron chi connectivity index (χ3n) is 6.29. The van der Waals surface area contributed by atoms with Gasteiger partial charge in [-0.3, -0.25) is 14.5 Å². The van der Waals surface area contributed by atoms with Gasteiger partial charge >= 0.3 is 5.97 Å². The molecular weight excluding hydrogens is 464 g/mol. The summed E-state index contributed by atoms with van der Waals surface area (Å²) in [5, 5.41) is 0. The van der Waals surface area contributed by atoms with E-state index in [-0.39, 0.29) is 28.0 Å². The van der Waals surface area contributed by atoms with Gasteiger partial charge < -0.3 is 14.4 Å². The van der Waals surface area contributed by atoms with Crippen molar-refractivity contribution in [1.82, 2.24) is 4.90 Å². The molecule has 0 spiro atoms. The van der Waals surface area contributed by atoms with E-state index in [0.29, 0.717) is 16.5 Å². The molecule has 0 aliphatic heterocycles. The third-order valence-corrected chi connectivity index (χ3v) is 7.31. The van der Waals surface area contributed by atoms with Crippen molar-refractivity contribution in [3.63, 3.8) is 0 Å². The Hall–Kier alpha value is -2.37. The Labute approximate surface area is 214 Å². The lowest BCUT2D eigenvalue weighted by molar-refractivity contribution is -0.136. The Morgan fingerprint density at radius 3 is 2.20 bits per heavy atom. The number of ether oxygens (including phenoxy) is 2. The van der Waals surface area contributed by atoms with Crippen LogP contribution in [0.2, 0.25) is 0 Å². The number of nitrogens with zero attached hydrogens (tertiary/aromatic N) is 2. The molecule has 1 aliphatic rings. The first-order valence-corrected chi connectivity index (χ1v) is 12.9. The van der Waals surface area contributed by atoms with Crippen LogP contribution < -0.4 is 4.90 Å². The van der Waals surface area contributed by atoms with Crippen molar-refractivity contribution in [3.8, 4) is 11.8 Å². The lowest BCUT2D eigenvalue weighted by Gasteiger charge is -2.38. The minimum Gasteiger partial charge on any atom is -0.465 e. The molecule has 1 saturated carbocycles. The van der Waals surface area contributed by atoms with E-state index < -0.39 is 18.1 Å². The predicted molar refractivity (Wildman–Crippen MR) is 140 cm³/mol. The smallest absolute Gasteiger partial charge is 0.350 e. The maximum Gasteiger partial charge on any atom is 0.350 e. The summed E-state index contributed by atoms with van der Waals surface area (Å²) < 4.78 is 10.6. The fourth-order valence-electron chi connectivity index (χ4n) is 4.13. The molecule has 2 atom stereocenters. The Balaban J connectivity index is 2.73. The summed E-state index contributed by atoms with van der Waals surface area (Å²) >= 11 is 1.17. The number of methoxy groups -OCH3 is 2. The molecule has 1 aromatic heterocycles. The highest BCUT2D eigenvalue weighted by Crippen LogP contribution is 2.37.